The lowest BCUT2D eigenvalue weighted by Crippen LogP contribution is -2.15. The number of aromatic nitrogens is 2. The molecule has 1 heterocycles. The van der Waals surface area contributed by atoms with Crippen LogP contribution < -0.4 is 5.73 Å². The van der Waals surface area contributed by atoms with E-state index in [0.29, 0.717) is 6.42 Å². The van der Waals surface area contributed by atoms with Gasteiger partial charge in [0, 0.05) is 33.8 Å². The van der Waals surface area contributed by atoms with Crippen molar-refractivity contribution in [3.05, 3.63) is 50.2 Å². The first-order valence-electron chi connectivity index (χ1n) is 6.09. The fourth-order valence-corrected chi connectivity index (χ4v) is 3.10. The highest BCUT2D eigenvalue weighted by atomic mass is 79.9. The number of halogens is 2. The van der Waals surface area contributed by atoms with Gasteiger partial charge in [-0.3, -0.25) is 4.68 Å². The maximum Gasteiger partial charge on any atom is 0.0644 e. The van der Waals surface area contributed by atoms with Gasteiger partial charge >= 0.3 is 0 Å². The Kier molecular flexibility index (Phi) is 4.33. The van der Waals surface area contributed by atoms with Crippen molar-refractivity contribution in [1.29, 1.82) is 0 Å². The lowest BCUT2D eigenvalue weighted by molar-refractivity contribution is 0.700. The SMILES string of the molecule is Cc1nn(C)c(C)c1C(N)Cc1ccc(Br)cc1Cl. The minimum Gasteiger partial charge on any atom is -0.324 e. The number of aryl methyl sites for hydroxylation is 2. The van der Waals surface area contributed by atoms with E-state index in [1.807, 2.05) is 43.8 Å². The Morgan fingerprint density at radius 2 is 2.11 bits per heavy atom. The molecule has 19 heavy (non-hydrogen) atoms. The molecule has 1 unspecified atom stereocenters. The average Bonchev–Trinajstić information content (AvgIpc) is 2.57. The number of hydrogen-bond acceptors (Lipinski definition) is 2. The predicted molar refractivity (Wildman–Crippen MR) is 82.5 cm³/mol. The van der Waals surface area contributed by atoms with Gasteiger partial charge in [-0.2, -0.15) is 5.10 Å². The summed E-state index contributed by atoms with van der Waals surface area (Å²) in [6, 6.07) is 5.80. The third-order valence-corrected chi connectivity index (χ3v) is 4.24. The zero-order valence-electron chi connectivity index (χ0n) is 11.2. The fourth-order valence-electron chi connectivity index (χ4n) is 2.35. The Morgan fingerprint density at radius 3 is 2.63 bits per heavy atom. The predicted octanol–water partition coefficient (Wildman–Crippen LogP) is 3.70. The number of nitrogens with two attached hydrogens (primary N) is 1. The van der Waals surface area contributed by atoms with E-state index in [1.54, 1.807) is 0 Å². The Hall–Kier alpha value is -0.840. The second-order valence-electron chi connectivity index (χ2n) is 4.75. The van der Waals surface area contributed by atoms with Crippen LogP contribution in [0.5, 0.6) is 0 Å². The molecule has 1 aromatic carbocycles. The lowest BCUT2D eigenvalue weighted by Gasteiger charge is -2.14. The van der Waals surface area contributed by atoms with Crippen LogP contribution in [0.3, 0.4) is 0 Å². The van der Waals surface area contributed by atoms with Crippen LogP contribution in [0.2, 0.25) is 5.02 Å². The quantitative estimate of drug-likeness (QED) is 0.924. The molecule has 1 aromatic heterocycles. The van der Waals surface area contributed by atoms with E-state index in [0.717, 1.165) is 32.0 Å². The highest BCUT2D eigenvalue weighted by molar-refractivity contribution is 9.10. The van der Waals surface area contributed by atoms with Crippen molar-refractivity contribution in [2.24, 2.45) is 12.8 Å². The number of rotatable bonds is 3. The first-order chi connectivity index (χ1) is 8.90. The zero-order chi connectivity index (χ0) is 14.2. The maximum absolute atomic E-state index is 6.33. The minimum atomic E-state index is -0.0904. The Labute approximate surface area is 126 Å². The second kappa shape index (κ2) is 5.65. The van der Waals surface area contributed by atoms with Crippen molar-refractivity contribution in [2.75, 3.05) is 0 Å². The first-order valence-corrected chi connectivity index (χ1v) is 7.27. The number of benzene rings is 1. The van der Waals surface area contributed by atoms with Crippen LogP contribution >= 0.6 is 27.5 Å². The molecule has 0 saturated heterocycles. The molecule has 0 spiro atoms. The molecule has 0 amide bonds. The Morgan fingerprint density at radius 1 is 1.42 bits per heavy atom. The van der Waals surface area contributed by atoms with Gasteiger partial charge in [0.15, 0.2) is 0 Å². The zero-order valence-corrected chi connectivity index (χ0v) is 13.6. The molecule has 3 nitrogen and oxygen atoms in total. The molecule has 0 radical (unpaired) electrons. The number of nitrogens with zero attached hydrogens (tertiary/aromatic N) is 2. The van der Waals surface area contributed by atoms with Gasteiger partial charge in [-0.25, -0.2) is 0 Å². The van der Waals surface area contributed by atoms with Crippen LogP contribution in [0.4, 0.5) is 0 Å². The van der Waals surface area contributed by atoms with Gasteiger partial charge in [0.2, 0.25) is 0 Å². The molecular weight excluding hydrogens is 326 g/mol. The summed E-state index contributed by atoms with van der Waals surface area (Å²) in [7, 11) is 1.94. The van der Waals surface area contributed by atoms with Gasteiger partial charge < -0.3 is 5.73 Å². The first kappa shape index (κ1) is 14.6. The molecule has 2 aromatic rings. The van der Waals surface area contributed by atoms with Gasteiger partial charge in [0.25, 0.3) is 0 Å². The Bertz CT molecular complexity index is 607. The number of hydrogen-bond donors (Lipinski definition) is 1. The van der Waals surface area contributed by atoms with Gasteiger partial charge in [-0.1, -0.05) is 33.6 Å². The summed E-state index contributed by atoms with van der Waals surface area (Å²) < 4.78 is 2.84. The van der Waals surface area contributed by atoms with Crippen LogP contribution in [0.15, 0.2) is 22.7 Å². The van der Waals surface area contributed by atoms with E-state index in [-0.39, 0.29) is 6.04 Å². The van der Waals surface area contributed by atoms with Crippen molar-refractivity contribution >= 4 is 27.5 Å². The van der Waals surface area contributed by atoms with Crippen LogP contribution in [0.1, 0.15) is 28.6 Å². The van der Waals surface area contributed by atoms with Gasteiger partial charge in [0.05, 0.1) is 5.69 Å². The summed E-state index contributed by atoms with van der Waals surface area (Å²) >= 11 is 9.64. The largest absolute Gasteiger partial charge is 0.324 e. The molecule has 2 N–H and O–H groups in total. The van der Waals surface area contributed by atoms with Crippen molar-refractivity contribution < 1.29 is 0 Å². The highest BCUT2D eigenvalue weighted by Crippen LogP contribution is 2.27. The molecule has 0 bridgehead atoms. The summed E-state index contributed by atoms with van der Waals surface area (Å²) in [6.45, 7) is 4.03. The van der Waals surface area contributed by atoms with Gasteiger partial charge in [-0.15, -0.1) is 0 Å². The molecule has 0 fully saturated rings. The monoisotopic (exact) mass is 341 g/mol. The van der Waals surface area contributed by atoms with Crippen molar-refractivity contribution in [3.8, 4) is 0 Å². The normalized spacial score (nSPS) is 12.7. The van der Waals surface area contributed by atoms with E-state index >= 15 is 0 Å². The van der Waals surface area contributed by atoms with E-state index < -0.39 is 0 Å². The third kappa shape index (κ3) is 3.02. The van der Waals surface area contributed by atoms with E-state index in [2.05, 4.69) is 21.0 Å². The third-order valence-electron chi connectivity index (χ3n) is 3.39. The molecule has 0 saturated carbocycles. The molecule has 0 aliphatic rings. The Balaban J connectivity index is 2.28. The molecule has 2 rings (SSSR count). The van der Waals surface area contributed by atoms with Crippen molar-refractivity contribution in [1.82, 2.24) is 9.78 Å². The van der Waals surface area contributed by atoms with Crippen LogP contribution in [0, 0.1) is 13.8 Å². The minimum absolute atomic E-state index is 0.0904. The average molecular weight is 343 g/mol. The molecule has 1 atom stereocenters. The topological polar surface area (TPSA) is 43.8 Å². The van der Waals surface area contributed by atoms with E-state index in [4.69, 9.17) is 17.3 Å². The fraction of sp³-hybridized carbons (Fsp3) is 0.357. The van der Waals surface area contributed by atoms with E-state index in [1.165, 1.54) is 0 Å². The van der Waals surface area contributed by atoms with Crippen LogP contribution in [-0.2, 0) is 13.5 Å². The molecule has 5 heteroatoms. The van der Waals surface area contributed by atoms with Gasteiger partial charge in [-0.05, 0) is 38.0 Å². The summed E-state index contributed by atoms with van der Waals surface area (Å²) in [5, 5.41) is 5.15. The van der Waals surface area contributed by atoms with Crippen molar-refractivity contribution in [3.63, 3.8) is 0 Å². The highest BCUT2D eigenvalue weighted by Gasteiger charge is 2.18. The maximum atomic E-state index is 6.33. The molecular formula is C14H17BrClN3. The van der Waals surface area contributed by atoms with Crippen molar-refractivity contribution in [2.45, 2.75) is 26.3 Å². The molecule has 102 valence electrons. The smallest absolute Gasteiger partial charge is 0.0644 e. The van der Waals surface area contributed by atoms with Gasteiger partial charge in [0.1, 0.15) is 0 Å². The lowest BCUT2D eigenvalue weighted by atomic mass is 9.98. The second-order valence-corrected chi connectivity index (χ2v) is 6.08. The van der Waals surface area contributed by atoms with Crippen LogP contribution in [0.25, 0.3) is 0 Å². The molecule has 0 aliphatic heterocycles. The summed E-state index contributed by atoms with van der Waals surface area (Å²) in [4.78, 5) is 0. The summed E-state index contributed by atoms with van der Waals surface area (Å²) in [5.74, 6) is 0. The summed E-state index contributed by atoms with van der Waals surface area (Å²) in [6.07, 6.45) is 0.708. The standard InChI is InChI=1S/C14H17BrClN3/c1-8-14(9(2)19(3)18-8)13(17)6-10-4-5-11(15)7-12(10)16/h4-5,7,13H,6,17H2,1-3H3. The molecule has 0 aliphatic carbocycles. The summed E-state index contributed by atoms with van der Waals surface area (Å²) in [5.41, 5.74) is 10.6. The van der Waals surface area contributed by atoms with Crippen LogP contribution in [-0.4, -0.2) is 9.78 Å². The van der Waals surface area contributed by atoms with E-state index in [9.17, 15) is 0 Å².